The van der Waals surface area contributed by atoms with E-state index in [4.69, 9.17) is 14.2 Å². The molecule has 0 heterocycles. The van der Waals surface area contributed by atoms with Crippen molar-refractivity contribution in [2.45, 2.75) is 83.6 Å². The Balaban J connectivity index is 1.24. The Morgan fingerprint density at radius 1 is 0.596 bits per heavy atom. The number of amides is 3. The minimum Gasteiger partial charge on any atom is -0.458 e. The van der Waals surface area contributed by atoms with E-state index >= 15 is 0 Å². The molecule has 0 fully saturated rings. The van der Waals surface area contributed by atoms with Gasteiger partial charge in [0.15, 0.2) is 0 Å². The van der Waals surface area contributed by atoms with Crippen molar-refractivity contribution in [3.05, 3.63) is 125 Å². The zero-order valence-electron chi connectivity index (χ0n) is 30.5. The molecular formula is C42H47N3O7. The van der Waals surface area contributed by atoms with Crippen molar-refractivity contribution in [3.8, 4) is 11.1 Å². The summed E-state index contributed by atoms with van der Waals surface area (Å²) in [5, 5.41) is 8.25. The number of hydrogen-bond acceptors (Lipinski definition) is 7. The van der Waals surface area contributed by atoms with Gasteiger partial charge >= 0.3 is 18.2 Å². The Kier molecular flexibility index (Phi) is 11.7. The summed E-state index contributed by atoms with van der Waals surface area (Å²) in [6.07, 6.45) is -1.08. The first kappa shape index (κ1) is 37.6. The van der Waals surface area contributed by atoms with E-state index in [1.54, 1.807) is 65.8 Å². The number of benzene rings is 4. The summed E-state index contributed by atoms with van der Waals surface area (Å²) in [6, 6.07) is 30.3. The van der Waals surface area contributed by atoms with Crippen molar-refractivity contribution in [1.29, 1.82) is 0 Å². The van der Waals surface area contributed by atoms with Gasteiger partial charge in [0.1, 0.15) is 29.9 Å². The van der Waals surface area contributed by atoms with E-state index in [-0.39, 0.29) is 25.4 Å². The Morgan fingerprint density at radius 3 is 1.69 bits per heavy atom. The first-order valence-electron chi connectivity index (χ1n) is 17.4. The number of carbonyl (C=O) groups is 4. The highest BCUT2D eigenvalue weighted by atomic mass is 16.6. The van der Waals surface area contributed by atoms with Crippen molar-refractivity contribution >= 4 is 29.8 Å². The molecule has 4 aromatic carbocycles. The molecule has 0 saturated heterocycles. The highest BCUT2D eigenvalue weighted by molar-refractivity contribution is 5.90. The number of fused-ring (bicyclic) bond motifs is 3. The average Bonchev–Trinajstić information content (AvgIpc) is 3.40. The molecule has 10 nitrogen and oxygen atoms in total. The molecule has 0 spiro atoms. The number of carbonyl (C=O) groups excluding carboxylic acids is 4. The van der Waals surface area contributed by atoms with Crippen molar-refractivity contribution in [3.63, 3.8) is 0 Å². The summed E-state index contributed by atoms with van der Waals surface area (Å²) in [5.41, 5.74) is 4.98. The van der Waals surface area contributed by atoms with Crippen molar-refractivity contribution in [1.82, 2.24) is 10.6 Å². The molecule has 4 aromatic rings. The van der Waals surface area contributed by atoms with Crippen LogP contribution in [0.3, 0.4) is 0 Å². The van der Waals surface area contributed by atoms with Crippen molar-refractivity contribution in [2.75, 3.05) is 11.9 Å². The van der Waals surface area contributed by atoms with Gasteiger partial charge in [-0.15, -0.1) is 0 Å². The zero-order chi connectivity index (χ0) is 37.5. The summed E-state index contributed by atoms with van der Waals surface area (Å²) < 4.78 is 16.8. The minimum absolute atomic E-state index is 0.0628. The number of rotatable bonds is 11. The van der Waals surface area contributed by atoms with Crippen LogP contribution >= 0.6 is 0 Å². The fraction of sp³-hybridized carbons (Fsp3) is 0.333. The lowest BCUT2D eigenvalue weighted by Crippen LogP contribution is -2.54. The van der Waals surface area contributed by atoms with Gasteiger partial charge in [-0.1, -0.05) is 91.0 Å². The number of ether oxygens (including phenoxy) is 3. The van der Waals surface area contributed by atoms with Gasteiger partial charge in [-0.3, -0.25) is 10.1 Å². The molecule has 3 amide bonds. The first-order chi connectivity index (χ1) is 24.6. The van der Waals surface area contributed by atoms with E-state index in [1.165, 1.54) is 0 Å². The van der Waals surface area contributed by atoms with Crippen LogP contribution in [0.5, 0.6) is 0 Å². The van der Waals surface area contributed by atoms with E-state index < -0.39 is 47.3 Å². The van der Waals surface area contributed by atoms with Gasteiger partial charge < -0.3 is 24.8 Å². The van der Waals surface area contributed by atoms with E-state index in [0.29, 0.717) is 11.3 Å². The minimum atomic E-state index is -1.08. The monoisotopic (exact) mass is 705 g/mol. The van der Waals surface area contributed by atoms with Crippen LogP contribution in [0.15, 0.2) is 103 Å². The molecule has 272 valence electrons. The normalized spacial score (nSPS) is 13.5. The predicted octanol–water partition coefficient (Wildman–Crippen LogP) is 7.55. The molecule has 0 radical (unpaired) electrons. The van der Waals surface area contributed by atoms with E-state index in [9.17, 15) is 19.2 Å². The molecule has 0 aromatic heterocycles. The van der Waals surface area contributed by atoms with E-state index in [1.807, 2.05) is 54.6 Å². The van der Waals surface area contributed by atoms with Crippen LogP contribution in [0.1, 0.15) is 69.7 Å². The smallest absolute Gasteiger partial charge is 0.411 e. The predicted molar refractivity (Wildman–Crippen MR) is 200 cm³/mol. The van der Waals surface area contributed by atoms with Gasteiger partial charge in [0.2, 0.25) is 5.91 Å². The van der Waals surface area contributed by atoms with Gasteiger partial charge in [-0.25, -0.2) is 14.4 Å². The second-order valence-electron chi connectivity index (χ2n) is 14.8. The topological polar surface area (TPSA) is 132 Å². The van der Waals surface area contributed by atoms with Crippen molar-refractivity contribution in [2.24, 2.45) is 0 Å². The molecule has 2 atom stereocenters. The molecular weight excluding hydrogens is 658 g/mol. The van der Waals surface area contributed by atoms with Crippen LogP contribution < -0.4 is 16.0 Å². The van der Waals surface area contributed by atoms with E-state index in [0.717, 1.165) is 27.8 Å². The fourth-order valence-corrected chi connectivity index (χ4v) is 6.06. The highest BCUT2D eigenvalue weighted by Crippen LogP contribution is 2.44. The average molecular weight is 706 g/mol. The Bertz CT molecular complexity index is 1830. The SMILES string of the molecule is CC(C)(C)OC(=O)N[C@@H](Cc1ccccc1)C(=O)N[C@@H](Cc1ccc(NC(=O)OCC2c3ccccc3-c3ccccc32)cc1)C(=O)OC(C)(C)C. The summed E-state index contributed by atoms with van der Waals surface area (Å²) in [7, 11) is 0. The van der Waals surface area contributed by atoms with Crippen LogP contribution in [0, 0.1) is 0 Å². The lowest BCUT2D eigenvalue weighted by Gasteiger charge is -2.27. The molecule has 10 heteroatoms. The maximum absolute atomic E-state index is 13.7. The molecule has 0 saturated carbocycles. The number of nitrogens with one attached hydrogen (secondary N) is 3. The first-order valence-corrected chi connectivity index (χ1v) is 17.4. The summed E-state index contributed by atoms with van der Waals surface area (Å²) in [6.45, 7) is 10.6. The number of anilines is 1. The third-order valence-corrected chi connectivity index (χ3v) is 8.28. The molecule has 0 unspecified atom stereocenters. The lowest BCUT2D eigenvalue weighted by atomic mass is 9.98. The van der Waals surface area contributed by atoms with E-state index in [2.05, 4.69) is 40.2 Å². The number of alkyl carbamates (subject to hydrolysis) is 1. The van der Waals surface area contributed by atoms with Crippen molar-refractivity contribution < 1.29 is 33.4 Å². The van der Waals surface area contributed by atoms with Gasteiger partial charge in [-0.05, 0) is 87.1 Å². The van der Waals surface area contributed by atoms with Gasteiger partial charge in [0.05, 0.1) is 0 Å². The van der Waals surface area contributed by atoms with Crippen LogP contribution in [0.4, 0.5) is 15.3 Å². The van der Waals surface area contributed by atoms with Gasteiger partial charge in [-0.2, -0.15) is 0 Å². The lowest BCUT2D eigenvalue weighted by molar-refractivity contribution is -0.158. The van der Waals surface area contributed by atoms with Crippen LogP contribution in [0.2, 0.25) is 0 Å². The largest absolute Gasteiger partial charge is 0.458 e. The van der Waals surface area contributed by atoms with Gasteiger partial charge in [0.25, 0.3) is 0 Å². The Morgan fingerprint density at radius 2 is 1.12 bits per heavy atom. The quantitative estimate of drug-likeness (QED) is 0.108. The summed E-state index contributed by atoms with van der Waals surface area (Å²) >= 11 is 0. The van der Waals surface area contributed by atoms with Crippen LogP contribution in [-0.4, -0.2) is 54.0 Å². The number of esters is 1. The standard InChI is InChI=1S/C42H47N3O7/c1-41(2,3)51-38(47)36(44-37(46)35(24-27-14-8-7-9-15-27)45-40(49)52-42(4,5)6)25-28-20-22-29(23-21-28)43-39(48)50-26-34-32-18-12-10-16-30(32)31-17-11-13-19-33(31)34/h7-23,34-36H,24-26H2,1-6H3,(H,43,48)(H,44,46)(H,45,49)/t35-,36-/m0/s1. The third kappa shape index (κ3) is 10.4. The third-order valence-electron chi connectivity index (χ3n) is 8.28. The van der Waals surface area contributed by atoms with Crippen LogP contribution in [-0.2, 0) is 36.6 Å². The number of hydrogen-bond donors (Lipinski definition) is 3. The zero-order valence-corrected chi connectivity index (χ0v) is 30.5. The second kappa shape index (κ2) is 16.1. The van der Waals surface area contributed by atoms with Crippen LogP contribution in [0.25, 0.3) is 11.1 Å². The Labute approximate surface area is 305 Å². The summed E-state index contributed by atoms with van der Waals surface area (Å²) in [4.78, 5) is 52.8. The Hall–Kier alpha value is -5.64. The maximum Gasteiger partial charge on any atom is 0.411 e. The molecule has 52 heavy (non-hydrogen) atoms. The molecule has 0 bridgehead atoms. The molecule has 1 aliphatic rings. The second-order valence-corrected chi connectivity index (χ2v) is 14.8. The summed E-state index contributed by atoms with van der Waals surface area (Å²) in [5.74, 6) is -1.26. The molecule has 5 rings (SSSR count). The highest BCUT2D eigenvalue weighted by Gasteiger charge is 2.32. The molecule has 1 aliphatic carbocycles. The molecule has 0 aliphatic heterocycles. The fourth-order valence-electron chi connectivity index (χ4n) is 6.06. The molecule has 3 N–H and O–H groups in total. The maximum atomic E-state index is 13.7. The van der Waals surface area contributed by atoms with Gasteiger partial charge in [0, 0.05) is 24.4 Å².